The highest BCUT2D eigenvalue weighted by molar-refractivity contribution is 6.33. The lowest BCUT2D eigenvalue weighted by molar-refractivity contribution is 0.0430. The summed E-state index contributed by atoms with van der Waals surface area (Å²) in [5, 5.41) is 3.85. The maximum Gasteiger partial charge on any atom is 0.340 e. The Morgan fingerprint density at radius 1 is 1.24 bits per heavy atom. The summed E-state index contributed by atoms with van der Waals surface area (Å²) in [5.41, 5.74) is 2.08. The zero-order chi connectivity index (χ0) is 17.8. The first-order valence-electron chi connectivity index (χ1n) is 7.61. The van der Waals surface area contributed by atoms with E-state index in [1.54, 1.807) is 0 Å². The van der Waals surface area contributed by atoms with Crippen molar-refractivity contribution in [3.05, 3.63) is 70.3 Å². The Balaban J connectivity index is 1.66. The van der Waals surface area contributed by atoms with Crippen molar-refractivity contribution in [1.82, 2.24) is 10.1 Å². The zero-order valence-corrected chi connectivity index (χ0v) is 14.1. The van der Waals surface area contributed by atoms with Crippen molar-refractivity contribution in [3.8, 4) is 11.4 Å². The van der Waals surface area contributed by atoms with Crippen LogP contribution in [0.5, 0.6) is 0 Å². The Morgan fingerprint density at radius 2 is 2.00 bits per heavy atom. The fourth-order valence-corrected chi connectivity index (χ4v) is 2.42. The van der Waals surface area contributed by atoms with E-state index in [9.17, 15) is 9.18 Å². The summed E-state index contributed by atoms with van der Waals surface area (Å²) >= 11 is 5.82. The van der Waals surface area contributed by atoms with Crippen LogP contribution >= 0.6 is 11.6 Å². The maximum atomic E-state index is 13.0. The molecule has 2 aromatic carbocycles. The van der Waals surface area contributed by atoms with Crippen LogP contribution in [0.1, 0.15) is 28.7 Å². The number of carbonyl (C=O) groups excluding carboxylic acids is 1. The van der Waals surface area contributed by atoms with Crippen LogP contribution in [-0.4, -0.2) is 16.1 Å². The summed E-state index contributed by atoms with van der Waals surface area (Å²) in [5.74, 6) is -0.663. The largest absolute Gasteiger partial charge is 0.452 e. The molecular formula is C18H14ClFN2O3. The minimum atomic E-state index is -0.697. The molecule has 5 nitrogen and oxygen atoms in total. The third-order valence-electron chi connectivity index (χ3n) is 3.57. The van der Waals surface area contributed by atoms with Gasteiger partial charge in [0.25, 0.3) is 5.89 Å². The molecule has 25 heavy (non-hydrogen) atoms. The van der Waals surface area contributed by atoms with Gasteiger partial charge < -0.3 is 9.26 Å². The Labute approximate surface area is 148 Å². The smallest absolute Gasteiger partial charge is 0.340 e. The Morgan fingerprint density at radius 3 is 2.68 bits per heavy atom. The van der Waals surface area contributed by atoms with E-state index in [1.807, 2.05) is 24.3 Å². The third kappa shape index (κ3) is 4.03. The molecule has 0 N–H and O–H groups in total. The molecule has 0 aliphatic carbocycles. The number of carbonyl (C=O) groups is 1. The van der Waals surface area contributed by atoms with Crippen molar-refractivity contribution in [1.29, 1.82) is 0 Å². The molecule has 7 heteroatoms. The Kier molecular flexibility index (Phi) is 5.09. The first-order chi connectivity index (χ1) is 12.1. The van der Waals surface area contributed by atoms with Gasteiger partial charge in [-0.15, -0.1) is 0 Å². The van der Waals surface area contributed by atoms with Crippen molar-refractivity contribution < 1.29 is 18.4 Å². The van der Waals surface area contributed by atoms with Crippen molar-refractivity contribution in [2.75, 3.05) is 0 Å². The summed E-state index contributed by atoms with van der Waals surface area (Å²) in [6.07, 6.45) is 0.944. The van der Waals surface area contributed by atoms with E-state index in [0.29, 0.717) is 5.82 Å². The molecular weight excluding hydrogens is 347 g/mol. The molecule has 1 heterocycles. The van der Waals surface area contributed by atoms with E-state index in [1.165, 1.54) is 11.6 Å². The minimum Gasteiger partial charge on any atom is -0.452 e. The van der Waals surface area contributed by atoms with Gasteiger partial charge in [-0.1, -0.05) is 47.9 Å². The number of aryl methyl sites for hydroxylation is 1. The molecule has 1 aromatic heterocycles. The molecule has 0 fully saturated rings. The lowest BCUT2D eigenvalue weighted by Gasteiger charge is -2.03. The zero-order valence-electron chi connectivity index (χ0n) is 13.3. The normalized spacial score (nSPS) is 10.7. The number of hydrogen-bond acceptors (Lipinski definition) is 5. The van der Waals surface area contributed by atoms with Crippen molar-refractivity contribution in [2.45, 2.75) is 20.0 Å². The van der Waals surface area contributed by atoms with Crippen molar-refractivity contribution >= 4 is 17.6 Å². The number of hydrogen-bond donors (Lipinski definition) is 0. The van der Waals surface area contributed by atoms with Crippen LogP contribution < -0.4 is 0 Å². The van der Waals surface area contributed by atoms with E-state index < -0.39 is 11.8 Å². The van der Waals surface area contributed by atoms with Crippen LogP contribution in [0.2, 0.25) is 5.02 Å². The van der Waals surface area contributed by atoms with Gasteiger partial charge in [0.15, 0.2) is 6.61 Å². The molecule has 128 valence electrons. The molecule has 0 atom stereocenters. The van der Waals surface area contributed by atoms with Gasteiger partial charge in [0.05, 0.1) is 10.6 Å². The molecule has 0 aliphatic rings. The van der Waals surface area contributed by atoms with Crippen LogP contribution in [0.25, 0.3) is 11.4 Å². The summed E-state index contributed by atoms with van der Waals surface area (Å²) in [7, 11) is 0. The van der Waals surface area contributed by atoms with Crippen LogP contribution in [-0.2, 0) is 17.8 Å². The average Bonchev–Trinajstić information content (AvgIpc) is 3.09. The molecule has 0 spiro atoms. The van der Waals surface area contributed by atoms with Crippen LogP contribution in [0.3, 0.4) is 0 Å². The Hall–Kier alpha value is -2.73. The lowest BCUT2D eigenvalue weighted by Crippen LogP contribution is -2.06. The monoisotopic (exact) mass is 360 g/mol. The quantitative estimate of drug-likeness (QED) is 0.629. The fourth-order valence-electron chi connectivity index (χ4n) is 2.18. The molecule has 3 aromatic rings. The molecule has 0 aliphatic heterocycles. The molecule has 0 saturated heterocycles. The van der Waals surface area contributed by atoms with E-state index in [0.717, 1.165) is 24.1 Å². The summed E-state index contributed by atoms with van der Waals surface area (Å²) in [4.78, 5) is 16.2. The SMILES string of the molecule is CCc1ccc(-c2noc(COC(=O)c3ccc(F)cc3Cl)n2)cc1. The second-order valence-corrected chi connectivity index (χ2v) is 5.67. The highest BCUT2D eigenvalue weighted by Gasteiger charge is 2.15. The van der Waals surface area contributed by atoms with Gasteiger partial charge in [-0.3, -0.25) is 0 Å². The number of rotatable bonds is 5. The van der Waals surface area contributed by atoms with Crippen molar-refractivity contribution in [3.63, 3.8) is 0 Å². The van der Waals surface area contributed by atoms with Gasteiger partial charge >= 0.3 is 5.97 Å². The van der Waals surface area contributed by atoms with E-state index >= 15 is 0 Å². The van der Waals surface area contributed by atoms with Gasteiger partial charge in [-0.25, -0.2) is 9.18 Å². The van der Waals surface area contributed by atoms with Crippen molar-refractivity contribution in [2.24, 2.45) is 0 Å². The molecule has 0 amide bonds. The van der Waals surface area contributed by atoms with Gasteiger partial charge in [0, 0.05) is 5.56 Å². The highest BCUT2D eigenvalue weighted by Crippen LogP contribution is 2.20. The number of ether oxygens (including phenoxy) is 1. The molecule has 0 radical (unpaired) electrons. The van der Waals surface area contributed by atoms with Gasteiger partial charge in [-0.2, -0.15) is 4.98 Å². The number of halogens is 2. The number of aromatic nitrogens is 2. The second kappa shape index (κ2) is 7.44. The van der Waals surface area contributed by atoms with Gasteiger partial charge in [-0.05, 0) is 30.2 Å². The summed E-state index contributed by atoms with van der Waals surface area (Å²) < 4.78 is 23.2. The molecule has 0 bridgehead atoms. The molecule has 0 saturated carbocycles. The van der Waals surface area contributed by atoms with Crippen LogP contribution in [0.15, 0.2) is 47.0 Å². The first kappa shape index (κ1) is 17.1. The van der Waals surface area contributed by atoms with E-state index in [4.69, 9.17) is 20.9 Å². The van der Waals surface area contributed by atoms with Gasteiger partial charge in [0.2, 0.25) is 5.82 Å². The minimum absolute atomic E-state index is 0.0211. The molecule has 3 rings (SSSR count). The Bertz CT molecular complexity index is 894. The van der Waals surface area contributed by atoms with Gasteiger partial charge in [0.1, 0.15) is 5.82 Å². The third-order valence-corrected chi connectivity index (χ3v) is 3.88. The van der Waals surface area contributed by atoms with E-state index in [2.05, 4.69) is 17.1 Å². The number of nitrogens with zero attached hydrogens (tertiary/aromatic N) is 2. The predicted octanol–water partition coefficient (Wildman–Crippen LogP) is 4.45. The molecule has 0 unspecified atom stereocenters. The lowest BCUT2D eigenvalue weighted by atomic mass is 10.1. The highest BCUT2D eigenvalue weighted by atomic mass is 35.5. The number of esters is 1. The average molecular weight is 361 g/mol. The first-order valence-corrected chi connectivity index (χ1v) is 7.98. The topological polar surface area (TPSA) is 65.2 Å². The second-order valence-electron chi connectivity index (χ2n) is 5.26. The van der Waals surface area contributed by atoms with E-state index in [-0.39, 0.29) is 23.1 Å². The van der Waals surface area contributed by atoms with Crippen LogP contribution in [0, 0.1) is 5.82 Å². The standard InChI is InChI=1S/C18H14ClFN2O3/c1-2-11-3-5-12(6-4-11)17-21-16(25-22-17)10-24-18(23)14-8-7-13(20)9-15(14)19/h3-9H,2,10H2,1H3. The summed E-state index contributed by atoms with van der Waals surface area (Å²) in [6, 6.07) is 11.2. The fraction of sp³-hybridized carbons (Fsp3) is 0.167. The maximum absolute atomic E-state index is 13.0. The summed E-state index contributed by atoms with van der Waals surface area (Å²) in [6.45, 7) is 1.87. The van der Waals surface area contributed by atoms with Crippen LogP contribution in [0.4, 0.5) is 4.39 Å². The predicted molar refractivity (Wildman–Crippen MR) is 89.6 cm³/mol. The number of benzene rings is 2.